The highest BCUT2D eigenvalue weighted by atomic mass is 16.5. The summed E-state index contributed by atoms with van der Waals surface area (Å²) in [5.74, 6) is 1.19. The van der Waals surface area contributed by atoms with Crippen molar-refractivity contribution in [3.63, 3.8) is 0 Å². The van der Waals surface area contributed by atoms with E-state index < -0.39 is 0 Å². The number of methoxy groups -OCH3 is 1. The normalized spacial score (nSPS) is 35.2. The van der Waals surface area contributed by atoms with Gasteiger partial charge >= 0.3 is 0 Å². The second kappa shape index (κ2) is 3.26. The molecular weight excluding hydrogens is 111 g/mol. The van der Waals surface area contributed by atoms with Crippen molar-refractivity contribution in [1.29, 1.82) is 0 Å². The van der Waals surface area contributed by atoms with E-state index >= 15 is 0 Å². The average Bonchev–Trinajstić information content (AvgIpc) is 2.17. The van der Waals surface area contributed by atoms with E-state index in [-0.39, 0.29) is 0 Å². The van der Waals surface area contributed by atoms with Crippen LogP contribution in [0, 0.1) is 5.92 Å². The van der Waals surface area contributed by atoms with Gasteiger partial charge < -0.3 is 4.74 Å². The fraction of sp³-hybridized carbons (Fsp3) is 1.00. The molecule has 0 aliphatic heterocycles. The zero-order chi connectivity index (χ0) is 6.69. The van der Waals surface area contributed by atoms with Crippen LogP contribution in [0.3, 0.4) is 0 Å². The minimum atomic E-state index is 0.449. The summed E-state index contributed by atoms with van der Waals surface area (Å²) in [6, 6.07) is 0. The van der Waals surface area contributed by atoms with Crippen LogP contribution in [-0.2, 0) is 4.74 Å². The van der Waals surface area contributed by atoms with E-state index in [1.165, 1.54) is 12.8 Å². The molecule has 2 atom stereocenters. The molecule has 1 fully saturated rings. The first kappa shape index (κ1) is 7.14. The zero-order valence-electron chi connectivity index (χ0n) is 5.97. The third-order valence-electron chi connectivity index (χ3n) is 1.98. The maximum atomic E-state index is 5.70. The van der Waals surface area contributed by atoms with Crippen LogP contribution < -0.4 is 0 Å². The van der Waals surface area contributed by atoms with Crippen LogP contribution in [-0.4, -0.2) is 21.6 Å². The minimum Gasteiger partial charge on any atom is -0.384 e. The third kappa shape index (κ3) is 2.01. The van der Waals surface area contributed by atoms with E-state index in [0.29, 0.717) is 5.82 Å². The van der Waals surface area contributed by atoms with E-state index in [9.17, 15) is 0 Å². The van der Waals surface area contributed by atoms with Gasteiger partial charge in [0.15, 0.2) is 0 Å². The SMILES string of the molecule is [B]C1CCC(COC)C1. The molecule has 1 nitrogen and oxygen atoms in total. The molecule has 1 aliphatic carbocycles. The Morgan fingerprint density at radius 3 is 2.78 bits per heavy atom. The Bertz CT molecular complexity index is 83.0. The van der Waals surface area contributed by atoms with Crippen molar-refractivity contribution in [3.05, 3.63) is 0 Å². The standard InChI is InChI=1S/C7H13BO/c1-9-5-6-2-3-7(8)4-6/h6-7H,2-5H2,1H3. The van der Waals surface area contributed by atoms with Crippen LogP contribution in [0.5, 0.6) is 0 Å². The monoisotopic (exact) mass is 124 g/mol. The lowest BCUT2D eigenvalue weighted by Gasteiger charge is -2.05. The summed E-state index contributed by atoms with van der Waals surface area (Å²) in [5.41, 5.74) is 0. The maximum Gasteiger partial charge on any atom is 0.0699 e. The molecule has 0 heterocycles. The smallest absolute Gasteiger partial charge is 0.0699 e. The highest BCUT2D eigenvalue weighted by Gasteiger charge is 2.19. The Hall–Kier alpha value is 0.0249. The number of rotatable bonds is 2. The van der Waals surface area contributed by atoms with Crippen LogP contribution in [0.2, 0.25) is 5.82 Å². The molecule has 1 aliphatic rings. The van der Waals surface area contributed by atoms with Gasteiger partial charge in [0.2, 0.25) is 0 Å². The van der Waals surface area contributed by atoms with E-state index in [4.69, 9.17) is 12.6 Å². The van der Waals surface area contributed by atoms with Crippen LogP contribution >= 0.6 is 0 Å². The Morgan fingerprint density at radius 1 is 1.56 bits per heavy atom. The van der Waals surface area contributed by atoms with E-state index in [1.807, 2.05) is 0 Å². The van der Waals surface area contributed by atoms with Gasteiger partial charge in [-0.1, -0.05) is 18.7 Å². The summed E-state index contributed by atoms with van der Waals surface area (Å²) in [6.45, 7) is 0.897. The second-order valence-electron chi connectivity index (χ2n) is 2.89. The molecule has 0 saturated heterocycles. The first-order chi connectivity index (χ1) is 4.33. The van der Waals surface area contributed by atoms with Crippen molar-refractivity contribution in [2.75, 3.05) is 13.7 Å². The average molecular weight is 124 g/mol. The Labute approximate surface area is 58.2 Å². The molecule has 0 amide bonds. The number of ether oxygens (including phenoxy) is 1. The Balaban J connectivity index is 2.14. The molecule has 50 valence electrons. The summed E-state index contributed by atoms with van der Waals surface area (Å²) in [5, 5.41) is 0. The molecule has 0 spiro atoms. The third-order valence-corrected chi connectivity index (χ3v) is 1.98. The first-order valence-corrected chi connectivity index (χ1v) is 3.57. The molecule has 2 heteroatoms. The van der Waals surface area contributed by atoms with Gasteiger partial charge in [-0.05, 0) is 12.3 Å². The summed E-state index contributed by atoms with van der Waals surface area (Å²) in [6.07, 6.45) is 3.61. The van der Waals surface area contributed by atoms with E-state index in [2.05, 4.69) is 0 Å². The van der Waals surface area contributed by atoms with Gasteiger partial charge in [0.25, 0.3) is 0 Å². The molecule has 0 aromatic carbocycles. The van der Waals surface area contributed by atoms with Gasteiger partial charge in [0, 0.05) is 13.7 Å². The number of hydrogen-bond donors (Lipinski definition) is 0. The van der Waals surface area contributed by atoms with Crippen molar-refractivity contribution in [2.45, 2.75) is 25.1 Å². The predicted octanol–water partition coefficient (Wildman–Crippen LogP) is 1.39. The molecule has 1 rings (SSSR count). The molecule has 2 radical (unpaired) electrons. The fourth-order valence-corrected chi connectivity index (χ4v) is 1.50. The van der Waals surface area contributed by atoms with Gasteiger partial charge in [-0.25, -0.2) is 0 Å². The molecule has 9 heavy (non-hydrogen) atoms. The highest BCUT2D eigenvalue weighted by Crippen LogP contribution is 2.32. The van der Waals surface area contributed by atoms with Crippen molar-refractivity contribution < 1.29 is 4.74 Å². The summed E-state index contributed by atoms with van der Waals surface area (Å²) in [4.78, 5) is 0. The van der Waals surface area contributed by atoms with Crippen molar-refractivity contribution in [3.8, 4) is 0 Å². The number of hydrogen-bond acceptors (Lipinski definition) is 1. The van der Waals surface area contributed by atoms with Gasteiger partial charge in [-0.2, -0.15) is 0 Å². The van der Waals surface area contributed by atoms with Crippen LogP contribution in [0.25, 0.3) is 0 Å². The molecule has 0 bridgehead atoms. The minimum absolute atomic E-state index is 0.449. The largest absolute Gasteiger partial charge is 0.384 e. The summed E-state index contributed by atoms with van der Waals surface area (Å²) >= 11 is 0. The zero-order valence-corrected chi connectivity index (χ0v) is 5.97. The summed E-state index contributed by atoms with van der Waals surface area (Å²) in [7, 11) is 7.45. The fourth-order valence-electron chi connectivity index (χ4n) is 1.50. The van der Waals surface area contributed by atoms with E-state index in [0.717, 1.165) is 18.9 Å². The van der Waals surface area contributed by atoms with Gasteiger partial charge in [0.1, 0.15) is 0 Å². The van der Waals surface area contributed by atoms with E-state index in [1.54, 1.807) is 7.11 Å². The highest BCUT2D eigenvalue weighted by molar-refractivity contribution is 6.11. The topological polar surface area (TPSA) is 9.23 Å². The Kier molecular flexibility index (Phi) is 2.58. The van der Waals surface area contributed by atoms with Gasteiger partial charge in [0.05, 0.1) is 7.85 Å². The quantitative estimate of drug-likeness (QED) is 0.505. The summed E-state index contributed by atoms with van der Waals surface area (Å²) < 4.78 is 5.02. The van der Waals surface area contributed by atoms with Crippen molar-refractivity contribution >= 4 is 7.85 Å². The lowest BCUT2D eigenvalue weighted by molar-refractivity contribution is 0.155. The van der Waals surface area contributed by atoms with Crippen LogP contribution in [0.1, 0.15) is 19.3 Å². The van der Waals surface area contributed by atoms with Crippen LogP contribution in [0.4, 0.5) is 0 Å². The van der Waals surface area contributed by atoms with Crippen molar-refractivity contribution in [1.82, 2.24) is 0 Å². The maximum absolute atomic E-state index is 5.70. The molecule has 0 N–H and O–H groups in total. The Morgan fingerprint density at radius 2 is 2.33 bits per heavy atom. The van der Waals surface area contributed by atoms with Gasteiger partial charge in [-0.3, -0.25) is 0 Å². The molecule has 2 unspecified atom stereocenters. The lowest BCUT2D eigenvalue weighted by Crippen LogP contribution is -2.02. The second-order valence-corrected chi connectivity index (χ2v) is 2.89. The molecule has 0 aromatic heterocycles. The molecule has 1 saturated carbocycles. The first-order valence-electron chi connectivity index (χ1n) is 3.57. The lowest BCUT2D eigenvalue weighted by atomic mass is 9.85. The molecular formula is C7H13BO. The van der Waals surface area contributed by atoms with Gasteiger partial charge in [-0.15, -0.1) is 0 Å². The predicted molar refractivity (Wildman–Crippen MR) is 38.7 cm³/mol. The van der Waals surface area contributed by atoms with Crippen LogP contribution in [0.15, 0.2) is 0 Å². The van der Waals surface area contributed by atoms with Crippen molar-refractivity contribution in [2.24, 2.45) is 5.92 Å². The molecule has 0 aromatic rings.